The fourth-order valence-corrected chi connectivity index (χ4v) is 2.03. The van der Waals surface area contributed by atoms with Gasteiger partial charge in [-0.25, -0.2) is 0 Å². The van der Waals surface area contributed by atoms with Crippen molar-refractivity contribution < 1.29 is 22.7 Å². The molecule has 2 rings (SSSR count). The van der Waals surface area contributed by atoms with Gasteiger partial charge in [-0.15, -0.1) is 0 Å². The highest BCUT2D eigenvalue weighted by Crippen LogP contribution is 2.31. The van der Waals surface area contributed by atoms with E-state index in [0.717, 1.165) is 12.1 Å². The Morgan fingerprint density at radius 2 is 2.17 bits per heavy atom. The number of carbonyl (C=O) groups excluding carboxylic acids is 1. The summed E-state index contributed by atoms with van der Waals surface area (Å²) < 4.78 is 44.5. The first kappa shape index (κ1) is 17.6. The fourth-order valence-electron chi connectivity index (χ4n) is 2.03. The molecule has 0 aliphatic heterocycles. The van der Waals surface area contributed by atoms with Gasteiger partial charge >= 0.3 is 6.18 Å². The van der Waals surface area contributed by atoms with Gasteiger partial charge in [0.15, 0.2) is 5.82 Å². The first-order chi connectivity index (χ1) is 11.3. The van der Waals surface area contributed by atoms with E-state index in [1.54, 1.807) is 7.05 Å². The molecule has 0 radical (unpaired) electrons. The number of nitrogens with one attached hydrogen (secondary N) is 1. The molecule has 0 aliphatic carbocycles. The highest BCUT2D eigenvalue weighted by Gasteiger charge is 2.30. The van der Waals surface area contributed by atoms with Gasteiger partial charge in [-0.1, -0.05) is 6.07 Å². The molecule has 0 aliphatic rings. The number of carbonyl (C=O) groups is 1. The van der Waals surface area contributed by atoms with E-state index < -0.39 is 17.6 Å². The number of nitrogens with zero attached hydrogens (tertiary/aromatic N) is 2. The number of halogens is 3. The van der Waals surface area contributed by atoms with Crippen LogP contribution in [0.15, 0.2) is 30.5 Å². The summed E-state index contributed by atoms with van der Waals surface area (Å²) in [6.07, 6.45) is -2.39. The summed E-state index contributed by atoms with van der Waals surface area (Å²) in [5, 5.41) is 7.01. The Bertz CT molecular complexity index is 713. The van der Waals surface area contributed by atoms with Crippen molar-refractivity contribution in [2.24, 2.45) is 12.8 Å². The van der Waals surface area contributed by atoms with Crippen LogP contribution in [-0.4, -0.2) is 28.8 Å². The van der Waals surface area contributed by atoms with Crippen molar-refractivity contribution >= 4 is 11.7 Å². The molecule has 0 unspecified atom stereocenters. The first-order valence-electron chi connectivity index (χ1n) is 7.15. The highest BCUT2D eigenvalue weighted by atomic mass is 19.4. The smallest absolute Gasteiger partial charge is 0.416 e. The zero-order valence-electron chi connectivity index (χ0n) is 12.9. The Morgan fingerprint density at radius 1 is 1.42 bits per heavy atom. The summed E-state index contributed by atoms with van der Waals surface area (Å²) in [5.41, 5.74) is 4.76. The molecular formula is C15H17F3N4O2. The number of amides is 1. The molecular weight excluding hydrogens is 325 g/mol. The number of aryl methyl sites for hydroxylation is 1. The quantitative estimate of drug-likeness (QED) is 0.757. The predicted octanol–water partition coefficient (Wildman–Crippen LogP) is 2.42. The predicted molar refractivity (Wildman–Crippen MR) is 81.8 cm³/mol. The van der Waals surface area contributed by atoms with Gasteiger partial charge < -0.3 is 15.8 Å². The van der Waals surface area contributed by atoms with Crippen LogP contribution in [0.1, 0.15) is 22.3 Å². The van der Waals surface area contributed by atoms with Crippen LogP contribution in [0.25, 0.3) is 0 Å². The van der Waals surface area contributed by atoms with Gasteiger partial charge in [0.05, 0.1) is 12.2 Å². The maximum absolute atomic E-state index is 12.6. The van der Waals surface area contributed by atoms with E-state index in [-0.39, 0.29) is 17.9 Å². The molecule has 2 aromatic rings. The minimum atomic E-state index is -4.40. The molecule has 6 nitrogen and oxygen atoms in total. The summed E-state index contributed by atoms with van der Waals surface area (Å²) in [5.74, 6) is -0.0737. The molecule has 24 heavy (non-hydrogen) atoms. The van der Waals surface area contributed by atoms with Gasteiger partial charge in [0.25, 0.3) is 5.91 Å². The molecule has 0 spiro atoms. The molecule has 130 valence electrons. The zero-order valence-corrected chi connectivity index (χ0v) is 12.9. The lowest BCUT2D eigenvalue weighted by molar-refractivity contribution is -0.137. The summed E-state index contributed by atoms with van der Waals surface area (Å²) >= 11 is 0. The van der Waals surface area contributed by atoms with Crippen molar-refractivity contribution in [3.8, 4) is 5.75 Å². The van der Waals surface area contributed by atoms with E-state index in [1.165, 1.54) is 23.0 Å². The Labute approximate surface area is 136 Å². The molecule has 1 aromatic heterocycles. The Balaban J connectivity index is 1.81. The molecule has 9 heteroatoms. The van der Waals surface area contributed by atoms with E-state index in [4.69, 9.17) is 10.5 Å². The summed E-state index contributed by atoms with van der Waals surface area (Å²) in [7, 11) is 1.66. The largest absolute Gasteiger partial charge is 0.494 e. The van der Waals surface area contributed by atoms with Crippen LogP contribution in [0.2, 0.25) is 0 Å². The lowest BCUT2D eigenvalue weighted by Crippen LogP contribution is -2.14. The maximum Gasteiger partial charge on any atom is 0.416 e. The van der Waals surface area contributed by atoms with Crippen LogP contribution in [-0.2, 0) is 13.2 Å². The Morgan fingerprint density at radius 3 is 2.83 bits per heavy atom. The van der Waals surface area contributed by atoms with Crippen LogP contribution in [0.4, 0.5) is 19.0 Å². The van der Waals surface area contributed by atoms with Gasteiger partial charge in [-0.2, -0.15) is 18.3 Å². The number of hydrogen-bond donors (Lipinski definition) is 2. The minimum absolute atomic E-state index is 0.153. The summed E-state index contributed by atoms with van der Waals surface area (Å²) in [6.45, 7) is 0.642. The number of nitrogens with two attached hydrogens (primary N) is 1. The molecule has 0 bridgehead atoms. The van der Waals surface area contributed by atoms with E-state index in [9.17, 15) is 18.0 Å². The topological polar surface area (TPSA) is 82.2 Å². The molecule has 0 saturated heterocycles. The van der Waals surface area contributed by atoms with Gasteiger partial charge in [0, 0.05) is 19.8 Å². The van der Waals surface area contributed by atoms with Crippen LogP contribution < -0.4 is 15.8 Å². The van der Waals surface area contributed by atoms with Crippen molar-refractivity contribution in [3.05, 3.63) is 41.6 Å². The number of hydrogen-bond acceptors (Lipinski definition) is 4. The minimum Gasteiger partial charge on any atom is -0.494 e. The molecule has 0 atom stereocenters. The van der Waals surface area contributed by atoms with E-state index in [0.29, 0.717) is 18.8 Å². The summed E-state index contributed by atoms with van der Waals surface area (Å²) in [4.78, 5) is 11.2. The van der Waals surface area contributed by atoms with Crippen molar-refractivity contribution in [2.45, 2.75) is 12.6 Å². The fraction of sp³-hybridized carbons (Fsp3) is 0.333. The second-order valence-electron chi connectivity index (χ2n) is 5.08. The van der Waals surface area contributed by atoms with Crippen molar-refractivity contribution in [2.75, 3.05) is 18.5 Å². The molecule has 1 heterocycles. The lowest BCUT2D eigenvalue weighted by atomic mass is 10.2. The average Bonchev–Trinajstić information content (AvgIpc) is 2.87. The maximum atomic E-state index is 12.6. The summed E-state index contributed by atoms with van der Waals surface area (Å²) in [6, 6.07) is 4.70. The van der Waals surface area contributed by atoms with Gasteiger partial charge in [-0.3, -0.25) is 9.48 Å². The molecule has 1 amide bonds. The molecule has 3 N–H and O–H groups in total. The second-order valence-corrected chi connectivity index (χ2v) is 5.08. The Kier molecular flexibility index (Phi) is 5.32. The third kappa shape index (κ3) is 4.64. The van der Waals surface area contributed by atoms with Crippen LogP contribution >= 0.6 is 0 Å². The van der Waals surface area contributed by atoms with Crippen LogP contribution in [0.5, 0.6) is 5.75 Å². The number of anilines is 1. The number of aromatic nitrogens is 2. The number of alkyl halides is 3. The number of rotatable bonds is 7. The SMILES string of the molecule is Cn1cc(C(N)=O)c(NCCCOc2cccc(C(F)(F)F)c2)n1. The monoisotopic (exact) mass is 342 g/mol. The van der Waals surface area contributed by atoms with E-state index in [2.05, 4.69) is 10.4 Å². The lowest BCUT2D eigenvalue weighted by Gasteiger charge is -2.10. The number of ether oxygens (including phenoxy) is 1. The van der Waals surface area contributed by atoms with Crippen LogP contribution in [0, 0.1) is 0 Å². The van der Waals surface area contributed by atoms with Crippen molar-refractivity contribution in [1.82, 2.24) is 9.78 Å². The number of benzene rings is 1. The third-order valence-corrected chi connectivity index (χ3v) is 3.14. The standard InChI is InChI=1S/C15H17F3N4O2/c1-22-9-12(13(19)23)14(21-22)20-6-3-7-24-11-5-2-4-10(8-11)15(16,17)18/h2,4-5,8-9H,3,6-7H2,1H3,(H2,19,23)(H,20,21). The first-order valence-corrected chi connectivity index (χ1v) is 7.15. The molecule has 0 fully saturated rings. The van der Waals surface area contributed by atoms with Crippen molar-refractivity contribution in [3.63, 3.8) is 0 Å². The van der Waals surface area contributed by atoms with E-state index in [1.807, 2.05) is 0 Å². The zero-order chi connectivity index (χ0) is 17.7. The van der Waals surface area contributed by atoms with Gasteiger partial charge in [0.2, 0.25) is 0 Å². The third-order valence-electron chi connectivity index (χ3n) is 3.14. The van der Waals surface area contributed by atoms with E-state index >= 15 is 0 Å². The van der Waals surface area contributed by atoms with Gasteiger partial charge in [0.1, 0.15) is 11.3 Å². The van der Waals surface area contributed by atoms with Crippen LogP contribution in [0.3, 0.4) is 0 Å². The number of primary amides is 1. The molecule has 1 aromatic carbocycles. The highest BCUT2D eigenvalue weighted by molar-refractivity contribution is 5.97. The Hall–Kier alpha value is -2.71. The second kappa shape index (κ2) is 7.24. The molecule has 0 saturated carbocycles. The average molecular weight is 342 g/mol. The van der Waals surface area contributed by atoms with Gasteiger partial charge in [-0.05, 0) is 24.6 Å². The normalized spacial score (nSPS) is 11.3. The van der Waals surface area contributed by atoms with Crippen molar-refractivity contribution in [1.29, 1.82) is 0 Å².